The maximum atomic E-state index is 8.81. The summed E-state index contributed by atoms with van der Waals surface area (Å²) in [4.78, 5) is 8.81. The summed E-state index contributed by atoms with van der Waals surface area (Å²) in [6, 6.07) is 0. The molecule has 0 aromatic rings. The topological polar surface area (TPSA) is 26.3 Å². The third-order valence-corrected chi connectivity index (χ3v) is 4.46. The van der Waals surface area contributed by atoms with E-state index in [0.29, 0.717) is 6.10 Å². The van der Waals surface area contributed by atoms with Crippen LogP contribution in [0.2, 0.25) is 0 Å². The van der Waals surface area contributed by atoms with E-state index in [1.807, 2.05) is 21.0 Å². The summed E-state index contributed by atoms with van der Waals surface area (Å²) >= 11 is 0. The molecular weight excluding hydrogens is 272 g/mol. The minimum absolute atomic E-state index is 0.518. The van der Waals surface area contributed by atoms with Crippen molar-refractivity contribution in [1.29, 1.82) is 0 Å². The third kappa shape index (κ3) is 12.2. The summed E-state index contributed by atoms with van der Waals surface area (Å²) in [6.45, 7) is 10.1. The zero-order valence-electron chi connectivity index (χ0n) is 16.2. The van der Waals surface area contributed by atoms with Crippen LogP contribution in [0.5, 0.6) is 0 Å². The van der Waals surface area contributed by atoms with E-state index in [1.54, 1.807) is 0 Å². The molecule has 0 aliphatic heterocycles. The van der Waals surface area contributed by atoms with Gasteiger partial charge in [-0.2, -0.15) is 0 Å². The van der Waals surface area contributed by atoms with E-state index < -0.39 is 0 Å². The van der Waals surface area contributed by atoms with Gasteiger partial charge in [-0.15, -0.1) is 0 Å². The van der Waals surface area contributed by atoms with E-state index in [9.17, 15) is 0 Å². The maximum absolute atomic E-state index is 8.81. The summed E-state index contributed by atoms with van der Waals surface area (Å²) in [5, 5.41) is 0. The normalized spacial score (nSPS) is 17.9. The van der Waals surface area contributed by atoms with Gasteiger partial charge in [-0.25, -0.2) is 0 Å². The number of unbranched alkanes of at least 4 members (excludes halogenated alkanes) is 2. The molecule has 0 spiro atoms. The average Bonchev–Trinajstić information content (AvgIpc) is 2.80. The van der Waals surface area contributed by atoms with Gasteiger partial charge in [-0.3, -0.25) is 0 Å². The molecule has 1 aliphatic rings. The van der Waals surface area contributed by atoms with Crippen molar-refractivity contribution in [3.05, 3.63) is 0 Å². The number of carbonyl (C=O) groups is 1. The number of ether oxygens (including phenoxy) is 1. The van der Waals surface area contributed by atoms with E-state index in [0.717, 1.165) is 18.1 Å². The van der Waals surface area contributed by atoms with Gasteiger partial charge in [-0.05, 0) is 38.0 Å². The van der Waals surface area contributed by atoms with Crippen LogP contribution >= 0.6 is 0 Å². The van der Waals surface area contributed by atoms with E-state index in [4.69, 9.17) is 9.53 Å². The van der Waals surface area contributed by atoms with Crippen LogP contribution < -0.4 is 0 Å². The molecule has 1 rings (SSSR count). The van der Waals surface area contributed by atoms with Crippen LogP contribution in [0.3, 0.4) is 0 Å². The van der Waals surface area contributed by atoms with Crippen LogP contribution in [-0.4, -0.2) is 19.5 Å². The van der Waals surface area contributed by atoms with Gasteiger partial charge in [0.2, 0.25) is 0 Å². The second-order valence-corrected chi connectivity index (χ2v) is 6.16. The van der Waals surface area contributed by atoms with Crippen molar-refractivity contribution in [3.8, 4) is 0 Å². The first-order chi connectivity index (χ1) is 10.7. The molecule has 0 radical (unpaired) electrons. The Labute approximate surface area is 140 Å². The molecule has 0 aromatic carbocycles. The summed E-state index contributed by atoms with van der Waals surface area (Å²) in [5.41, 5.74) is 0. The van der Waals surface area contributed by atoms with Crippen molar-refractivity contribution in [2.45, 2.75) is 105 Å². The highest BCUT2D eigenvalue weighted by Gasteiger charge is 2.26. The molecule has 1 saturated carbocycles. The number of hydrogen-bond donors (Lipinski definition) is 0. The fraction of sp³-hybridized carbons (Fsp3) is 0.950. The predicted molar refractivity (Wildman–Crippen MR) is 98.4 cm³/mol. The first kappa shape index (κ1) is 23.9. The molecule has 2 heteroatoms. The molecule has 0 saturated heterocycles. The third-order valence-electron chi connectivity index (χ3n) is 4.46. The molecule has 0 N–H and O–H groups in total. The van der Waals surface area contributed by atoms with Crippen LogP contribution in [0.25, 0.3) is 0 Å². The highest BCUT2D eigenvalue weighted by atomic mass is 16.5. The van der Waals surface area contributed by atoms with Gasteiger partial charge in [-0.1, -0.05) is 72.6 Å². The van der Waals surface area contributed by atoms with Gasteiger partial charge in [0.25, 0.3) is 0 Å². The number of rotatable bonds is 7. The lowest BCUT2D eigenvalue weighted by Crippen LogP contribution is -2.29. The van der Waals surface area contributed by atoms with Crippen molar-refractivity contribution in [3.63, 3.8) is 0 Å². The van der Waals surface area contributed by atoms with Crippen LogP contribution in [0.15, 0.2) is 0 Å². The Hall–Kier alpha value is -0.370. The number of carbonyl (C=O) groups excluding carboxylic acids is 1. The zero-order chi connectivity index (χ0) is 17.2. The summed E-state index contributed by atoms with van der Waals surface area (Å²) in [7, 11) is 1.92. The van der Waals surface area contributed by atoms with Gasteiger partial charge >= 0.3 is 0 Å². The van der Waals surface area contributed by atoms with Crippen molar-refractivity contribution in [1.82, 2.24) is 0 Å². The SMILES string of the molecule is CC.CC=O.CCCCCC(C)C(OC)C1CCCCCC1. The van der Waals surface area contributed by atoms with E-state index in [1.165, 1.54) is 71.1 Å². The lowest BCUT2D eigenvalue weighted by molar-refractivity contribution is -0.106. The predicted octanol–water partition coefficient (Wildman–Crippen LogP) is 6.42. The minimum Gasteiger partial charge on any atom is -0.381 e. The first-order valence-electron chi connectivity index (χ1n) is 9.63. The van der Waals surface area contributed by atoms with E-state index >= 15 is 0 Å². The Bertz CT molecular complexity index is 208. The molecule has 1 aliphatic carbocycles. The number of methoxy groups -OCH3 is 1. The molecule has 22 heavy (non-hydrogen) atoms. The molecule has 0 bridgehead atoms. The largest absolute Gasteiger partial charge is 0.381 e. The van der Waals surface area contributed by atoms with Crippen LogP contribution in [0, 0.1) is 11.8 Å². The van der Waals surface area contributed by atoms with E-state index in [-0.39, 0.29) is 0 Å². The molecule has 134 valence electrons. The van der Waals surface area contributed by atoms with Crippen LogP contribution in [0.4, 0.5) is 0 Å². The molecule has 2 unspecified atom stereocenters. The average molecular weight is 315 g/mol. The van der Waals surface area contributed by atoms with Crippen molar-refractivity contribution < 1.29 is 9.53 Å². The Morgan fingerprint density at radius 1 is 1.09 bits per heavy atom. The molecule has 2 nitrogen and oxygen atoms in total. The summed E-state index contributed by atoms with van der Waals surface area (Å²) < 4.78 is 5.84. The van der Waals surface area contributed by atoms with Crippen molar-refractivity contribution >= 4 is 6.29 Å². The van der Waals surface area contributed by atoms with Crippen LogP contribution in [-0.2, 0) is 9.53 Å². The Balaban J connectivity index is 0. The Kier molecular flexibility index (Phi) is 20.3. The highest BCUT2D eigenvalue weighted by Crippen LogP contribution is 2.31. The molecular formula is C20H42O2. The van der Waals surface area contributed by atoms with Gasteiger partial charge in [0.05, 0.1) is 6.10 Å². The lowest BCUT2D eigenvalue weighted by atomic mass is 9.84. The standard InChI is InChI=1S/C16H32O.C2H4O.C2H6/c1-4-5-8-11-14(2)16(17-3)15-12-9-6-7-10-13-15;1-2-3;1-2/h14-16H,4-13H2,1-3H3;2H,1H3;1-2H3. The fourth-order valence-electron chi connectivity index (χ4n) is 3.41. The Morgan fingerprint density at radius 2 is 1.59 bits per heavy atom. The lowest BCUT2D eigenvalue weighted by Gasteiger charge is -2.30. The smallest absolute Gasteiger partial charge is 0.116 e. The molecule has 0 heterocycles. The molecule has 0 amide bonds. The summed E-state index contributed by atoms with van der Waals surface area (Å²) in [6.07, 6.45) is 15.2. The van der Waals surface area contributed by atoms with Crippen LogP contribution in [0.1, 0.15) is 98.8 Å². The minimum atomic E-state index is 0.518. The van der Waals surface area contributed by atoms with Gasteiger partial charge in [0.15, 0.2) is 0 Å². The number of aldehydes is 1. The fourth-order valence-corrected chi connectivity index (χ4v) is 3.41. The quantitative estimate of drug-likeness (QED) is 0.308. The highest BCUT2D eigenvalue weighted by molar-refractivity contribution is 5.44. The van der Waals surface area contributed by atoms with Crippen molar-refractivity contribution in [2.24, 2.45) is 11.8 Å². The zero-order valence-corrected chi connectivity index (χ0v) is 16.2. The van der Waals surface area contributed by atoms with Gasteiger partial charge < -0.3 is 9.53 Å². The summed E-state index contributed by atoms with van der Waals surface area (Å²) in [5.74, 6) is 1.58. The molecule has 2 atom stereocenters. The molecule has 0 aromatic heterocycles. The van der Waals surface area contributed by atoms with Gasteiger partial charge in [0, 0.05) is 7.11 Å². The second kappa shape index (κ2) is 18.7. The van der Waals surface area contributed by atoms with Crippen molar-refractivity contribution in [2.75, 3.05) is 7.11 Å². The monoisotopic (exact) mass is 314 g/mol. The second-order valence-electron chi connectivity index (χ2n) is 6.16. The Morgan fingerprint density at radius 3 is 2.00 bits per heavy atom. The number of hydrogen-bond acceptors (Lipinski definition) is 2. The van der Waals surface area contributed by atoms with E-state index in [2.05, 4.69) is 13.8 Å². The molecule has 1 fully saturated rings. The van der Waals surface area contributed by atoms with Gasteiger partial charge in [0.1, 0.15) is 6.29 Å². The first-order valence-corrected chi connectivity index (χ1v) is 9.63. The maximum Gasteiger partial charge on any atom is 0.116 e.